The third-order valence-electron chi connectivity index (χ3n) is 2.67. The summed E-state index contributed by atoms with van der Waals surface area (Å²) in [5, 5.41) is 3.14. The van der Waals surface area contributed by atoms with Gasteiger partial charge in [-0.2, -0.15) is 0 Å². The molecule has 0 fully saturated rings. The molecule has 0 unspecified atom stereocenters. The van der Waals surface area contributed by atoms with E-state index >= 15 is 0 Å². The molecule has 0 aliphatic rings. The lowest BCUT2D eigenvalue weighted by Crippen LogP contribution is -2.09. The molecule has 1 N–H and O–H groups in total. The van der Waals surface area contributed by atoms with Crippen LogP contribution in [0.25, 0.3) is 0 Å². The zero-order valence-corrected chi connectivity index (χ0v) is 10.9. The summed E-state index contributed by atoms with van der Waals surface area (Å²) in [7, 11) is 1.98. The molecule has 0 saturated heterocycles. The SMILES string of the molecule is CNCCCCOc1c(C)cc(C)cc1C. The minimum absolute atomic E-state index is 0.812. The largest absolute Gasteiger partial charge is 0.493 e. The van der Waals surface area contributed by atoms with Gasteiger partial charge in [0.1, 0.15) is 5.75 Å². The Morgan fingerprint density at radius 3 is 2.25 bits per heavy atom. The second-order valence-electron chi connectivity index (χ2n) is 4.39. The van der Waals surface area contributed by atoms with E-state index in [2.05, 4.69) is 38.2 Å². The maximum absolute atomic E-state index is 5.84. The van der Waals surface area contributed by atoms with Crippen molar-refractivity contribution in [3.8, 4) is 5.75 Å². The highest BCUT2D eigenvalue weighted by Gasteiger charge is 2.04. The fourth-order valence-corrected chi connectivity index (χ4v) is 1.97. The fraction of sp³-hybridized carbons (Fsp3) is 0.571. The normalized spacial score (nSPS) is 10.5. The average molecular weight is 221 g/mol. The van der Waals surface area contributed by atoms with Crippen LogP contribution < -0.4 is 10.1 Å². The Labute approximate surface area is 99.0 Å². The Kier molecular flexibility index (Phi) is 5.33. The van der Waals surface area contributed by atoms with Gasteiger partial charge in [0.15, 0.2) is 0 Å². The van der Waals surface area contributed by atoms with E-state index in [0.29, 0.717) is 0 Å². The average Bonchev–Trinajstić information content (AvgIpc) is 2.20. The van der Waals surface area contributed by atoms with Gasteiger partial charge in [0, 0.05) is 0 Å². The monoisotopic (exact) mass is 221 g/mol. The topological polar surface area (TPSA) is 21.3 Å². The molecule has 0 heterocycles. The number of benzene rings is 1. The lowest BCUT2D eigenvalue weighted by molar-refractivity contribution is 0.302. The highest BCUT2D eigenvalue weighted by molar-refractivity contribution is 5.42. The van der Waals surface area contributed by atoms with Crippen molar-refractivity contribution in [1.82, 2.24) is 5.32 Å². The van der Waals surface area contributed by atoms with Crippen LogP contribution in [0.4, 0.5) is 0 Å². The summed E-state index contributed by atoms with van der Waals surface area (Å²) < 4.78 is 5.84. The first kappa shape index (κ1) is 13.0. The Bertz CT molecular complexity index is 311. The van der Waals surface area contributed by atoms with Crippen LogP contribution in [0.15, 0.2) is 12.1 Å². The van der Waals surface area contributed by atoms with E-state index in [1.54, 1.807) is 0 Å². The molecule has 0 amide bonds. The van der Waals surface area contributed by atoms with Crippen LogP contribution in [0.1, 0.15) is 29.5 Å². The quantitative estimate of drug-likeness (QED) is 0.746. The molecule has 0 aromatic heterocycles. The molecule has 0 bridgehead atoms. The molecular formula is C14H23NO. The summed E-state index contributed by atoms with van der Waals surface area (Å²) in [6.07, 6.45) is 2.27. The number of unbranched alkanes of at least 4 members (excludes halogenated alkanes) is 1. The van der Waals surface area contributed by atoms with Crippen LogP contribution >= 0.6 is 0 Å². The van der Waals surface area contributed by atoms with E-state index in [4.69, 9.17) is 4.74 Å². The summed E-state index contributed by atoms with van der Waals surface area (Å²) in [6, 6.07) is 4.35. The van der Waals surface area contributed by atoms with Crippen molar-refractivity contribution in [3.63, 3.8) is 0 Å². The van der Waals surface area contributed by atoms with Gasteiger partial charge in [-0.1, -0.05) is 17.7 Å². The van der Waals surface area contributed by atoms with Crippen molar-refractivity contribution in [1.29, 1.82) is 0 Å². The molecule has 0 aliphatic heterocycles. The van der Waals surface area contributed by atoms with Gasteiger partial charge in [0.05, 0.1) is 6.61 Å². The number of aryl methyl sites for hydroxylation is 3. The summed E-state index contributed by atoms with van der Waals surface area (Å²) >= 11 is 0. The lowest BCUT2D eigenvalue weighted by Gasteiger charge is -2.13. The molecule has 0 radical (unpaired) electrons. The first-order chi connectivity index (χ1) is 7.65. The third kappa shape index (κ3) is 3.86. The predicted molar refractivity (Wildman–Crippen MR) is 69.3 cm³/mol. The number of nitrogens with one attached hydrogen (secondary N) is 1. The molecule has 1 aromatic carbocycles. The molecule has 1 rings (SSSR count). The van der Waals surface area contributed by atoms with Crippen molar-refractivity contribution in [2.45, 2.75) is 33.6 Å². The van der Waals surface area contributed by atoms with Gasteiger partial charge >= 0.3 is 0 Å². The van der Waals surface area contributed by atoms with Gasteiger partial charge in [-0.25, -0.2) is 0 Å². The Morgan fingerprint density at radius 1 is 1.06 bits per heavy atom. The van der Waals surface area contributed by atoms with E-state index in [1.807, 2.05) is 7.05 Å². The minimum atomic E-state index is 0.812. The van der Waals surface area contributed by atoms with Crippen LogP contribution in [0.2, 0.25) is 0 Å². The van der Waals surface area contributed by atoms with Crippen molar-refractivity contribution >= 4 is 0 Å². The second-order valence-corrected chi connectivity index (χ2v) is 4.39. The maximum atomic E-state index is 5.84. The standard InChI is InChI=1S/C14H23NO/c1-11-9-12(2)14(13(3)10-11)16-8-6-5-7-15-4/h9-10,15H,5-8H2,1-4H3. The van der Waals surface area contributed by atoms with E-state index in [-0.39, 0.29) is 0 Å². The van der Waals surface area contributed by atoms with E-state index in [1.165, 1.54) is 23.1 Å². The van der Waals surface area contributed by atoms with Crippen LogP contribution in [0.5, 0.6) is 5.75 Å². The molecule has 0 aliphatic carbocycles. The van der Waals surface area contributed by atoms with Gasteiger partial charge in [-0.3, -0.25) is 0 Å². The summed E-state index contributed by atoms with van der Waals surface area (Å²) in [4.78, 5) is 0. The molecule has 0 spiro atoms. The molecular weight excluding hydrogens is 198 g/mol. The first-order valence-electron chi connectivity index (χ1n) is 6.00. The highest BCUT2D eigenvalue weighted by atomic mass is 16.5. The summed E-state index contributed by atoms with van der Waals surface area (Å²) in [6.45, 7) is 8.23. The van der Waals surface area contributed by atoms with Crippen LogP contribution in [0.3, 0.4) is 0 Å². The first-order valence-corrected chi connectivity index (χ1v) is 6.00. The van der Waals surface area contributed by atoms with Gasteiger partial charge in [-0.05, 0) is 58.3 Å². The predicted octanol–water partition coefficient (Wildman–Crippen LogP) is 2.99. The molecule has 2 heteroatoms. The van der Waals surface area contributed by atoms with Gasteiger partial charge in [0.2, 0.25) is 0 Å². The number of ether oxygens (including phenoxy) is 1. The Hall–Kier alpha value is -1.02. The Morgan fingerprint density at radius 2 is 1.69 bits per heavy atom. The highest BCUT2D eigenvalue weighted by Crippen LogP contribution is 2.24. The molecule has 1 aromatic rings. The van der Waals surface area contributed by atoms with Crippen molar-refractivity contribution < 1.29 is 4.74 Å². The molecule has 0 saturated carbocycles. The van der Waals surface area contributed by atoms with E-state index < -0.39 is 0 Å². The molecule has 2 nitrogen and oxygen atoms in total. The van der Waals surface area contributed by atoms with Crippen LogP contribution in [0, 0.1) is 20.8 Å². The third-order valence-corrected chi connectivity index (χ3v) is 2.67. The van der Waals surface area contributed by atoms with Crippen molar-refractivity contribution in [2.24, 2.45) is 0 Å². The molecule has 0 atom stereocenters. The lowest BCUT2D eigenvalue weighted by atomic mass is 10.1. The summed E-state index contributed by atoms with van der Waals surface area (Å²) in [5.74, 6) is 1.06. The van der Waals surface area contributed by atoms with Crippen LogP contribution in [-0.4, -0.2) is 20.2 Å². The van der Waals surface area contributed by atoms with Crippen molar-refractivity contribution in [2.75, 3.05) is 20.2 Å². The fourth-order valence-electron chi connectivity index (χ4n) is 1.97. The van der Waals surface area contributed by atoms with E-state index in [0.717, 1.165) is 25.3 Å². The van der Waals surface area contributed by atoms with Gasteiger partial charge in [-0.15, -0.1) is 0 Å². The smallest absolute Gasteiger partial charge is 0.125 e. The van der Waals surface area contributed by atoms with Crippen molar-refractivity contribution in [3.05, 3.63) is 28.8 Å². The number of rotatable bonds is 6. The van der Waals surface area contributed by atoms with E-state index in [9.17, 15) is 0 Å². The number of hydrogen-bond acceptors (Lipinski definition) is 2. The van der Waals surface area contributed by atoms with Gasteiger partial charge in [0.25, 0.3) is 0 Å². The second kappa shape index (κ2) is 6.54. The maximum Gasteiger partial charge on any atom is 0.125 e. The number of hydrogen-bond donors (Lipinski definition) is 1. The Balaban J connectivity index is 2.47. The van der Waals surface area contributed by atoms with Gasteiger partial charge < -0.3 is 10.1 Å². The summed E-state index contributed by atoms with van der Waals surface area (Å²) in [5.41, 5.74) is 3.79. The molecule has 16 heavy (non-hydrogen) atoms. The van der Waals surface area contributed by atoms with Crippen LogP contribution in [-0.2, 0) is 0 Å². The minimum Gasteiger partial charge on any atom is -0.493 e. The zero-order chi connectivity index (χ0) is 12.0. The molecule has 90 valence electrons. The zero-order valence-electron chi connectivity index (χ0n) is 10.9.